The summed E-state index contributed by atoms with van der Waals surface area (Å²) in [4.78, 5) is 9.99. The van der Waals surface area contributed by atoms with Crippen molar-refractivity contribution in [1.29, 1.82) is 0 Å². The van der Waals surface area contributed by atoms with Crippen LogP contribution in [-0.2, 0) is 4.79 Å². The van der Waals surface area contributed by atoms with Crippen molar-refractivity contribution in [2.45, 2.75) is 12.5 Å². The Kier molecular flexibility index (Phi) is 5.73. The van der Waals surface area contributed by atoms with Gasteiger partial charge in [0.2, 0.25) is 0 Å². The van der Waals surface area contributed by atoms with Crippen molar-refractivity contribution in [2.75, 3.05) is 19.6 Å². The Morgan fingerprint density at radius 2 is 2.27 bits per heavy atom. The standard InChI is InChI=1S/C6H14N2O3/c7-3-5(9)4-8-2-1-6(10)11/h5,8-9H,1-4,7H2,(H,10,11). The maximum atomic E-state index is 9.99. The van der Waals surface area contributed by atoms with E-state index in [4.69, 9.17) is 15.9 Å². The molecule has 5 nitrogen and oxygen atoms in total. The molecule has 0 bridgehead atoms. The van der Waals surface area contributed by atoms with Crippen LogP contribution in [0.25, 0.3) is 0 Å². The van der Waals surface area contributed by atoms with Gasteiger partial charge in [-0.05, 0) is 0 Å². The molecule has 0 aliphatic rings. The van der Waals surface area contributed by atoms with E-state index in [2.05, 4.69) is 5.32 Å². The van der Waals surface area contributed by atoms with Crippen molar-refractivity contribution in [2.24, 2.45) is 5.73 Å². The zero-order chi connectivity index (χ0) is 8.69. The Hall–Kier alpha value is -0.650. The lowest BCUT2D eigenvalue weighted by Gasteiger charge is -2.07. The highest BCUT2D eigenvalue weighted by Gasteiger charge is 2.00. The molecule has 66 valence electrons. The minimum absolute atomic E-state index is 0.0668. The monoisotopic (exact) mass is 162 g/mol. The van der Waals surface area contributed by atoms with Crippen molar-refractivity contribution in [3.8, 4) is 0 Å². The van der Waals surface area contributed by atoms with Gasteiger partial charge in [0.25, 0.3) is 0 Å². The molecular formula is C6H14N2O3. The number of carboxylic acids is 1. The lowest BCUT2D eigenvalue weighted by Crippen LogP contribution is -2.33. The second-order valence-corrected chi connectivity index (χ2v) is 2.24. The fourth-order valence-corrected chi connectivity index (χ4v) is 0.547. The minimum atomic E-state index is -0.847. The van der Waals surface area contributed by atoms with E-state index in [1.54, 1.807) is 0 Å². The van der Waals surface area contributed by atoms with E-state index in [-0.39, 0.29) is 13.0 Å². The van der Waals surface area contributed by atoms with E-state index in [1.807, 2.05) is 0 Å². The molecule has 0 saturated heterocycles. The molecule has 0 aliphatic heterocycles. The number of nitrogens with two attached hydrogens (primary N) is 1. The second kappa shape index (κ2) is 6.09. The number of nitrogens with one attached hydrogen (secondary N) is 1. The molecule has 0 fully saturated rings. The van der Waals surface area contributed by atoms with Gasteiger partial charge < -0.3 is 21.3 Å². The number of carboxylic acid groups (broad SMARTS) is 1. The number of aliphatic hydroxyl groups excluding tert-OH is 1. The molecule has 0 saturated carbocycles. The summed E-state index contributed by atoms with van der Waals surface area (Å²) < 4.78 is 0. The van der Waals surface area contributed by atoms with Gasteiger partial charge in [-0.3, -0.25) is 4.79 Å². The maximum Gasteiger partial charge on any atom is 0.304 e. The zero-order valence-electron chi connectivity index (χ0n) is 6.29. The Labute approximate surface area is 65.2 Å². The van der Waals surface area contributed by atoms with Gasteiger partial charge in [0.15, 0.2) is 0 Å². The predicted molar refractivity (Wildman–Crippen MR) is 40.2 cm³/mol. The van der Waals surface area contributed by atoms with Gasteiger partial charge in [-0.15, -0.1) is 0 Å². The van der Waals surface area contributed by atoms with Crippen LogP contribution in [0.15, 0.2) is 0 Å². The van der Waals surface area contributed by atoms with Gasteiger partial charge in [0.05, 0.1) is 12.5 Å². The highest BCUT2D eigenvalue weighted by Crippen LogP contribution is 1.77. The molecule has 5 heteroatoms. The molecule has 1 atom stereocenters. The average Bonchev–Trinajstić information content (AvgIpc) is 1.97. The number of hydrogen-bond acceptors (Lipinski definition) is 4. The third kappa shape index (κ3) is 7.24. The first kappa shape index (κ1) is 10.3. The molecule has 0 radical (unpaired) electrons. The summed E-state index contributed by atoms with van der Waals surface area (Å²) in [5.74, 6) is -0.847. The minimum Gasteiger partial charge on any atom is -0.481 e. The Morgan fingerprint density at radius 3 is 2.73 bits per heavy atom. The summed E-state index contributed by atoms with van der Waals surface area (Å²) in [6.45, 7) is 0.913. The average molecular weight is 162 g/mol. The molecule has 0 spiro atoms. The van der Waals surface area contributed by atoms with Crippen LogP contribution in [0.1, 0.15) is 6.42 Å². The van der Waals surface area contributed by atoms with Crippen LogP contribution in [0.2, 0.25) is 0 Å². The first-order chi connectivity index (χ1) is 5.16. The maximum absolute atomic E-state index is 9.99. The molecule has 11 heavy (non-hydrogen) atoms. The van der Waals surface area contributed by atoms with Crippen LogP contribution in [0.5, 0.6) is 0 Å². The van der Waals surface area contributed by atoms with Crippen molar-refractivity contribution in [1.82, 2.24) is 5.32 Å². The topological polar surface area (TPSA) is 95.6 Å². The van der Waals surface area contributed by atoms with Gasteiger partial charge in [0.1, 0.15) is 0 Å². The number of rotatable bonds is 6. The third-order valence-electron chi connectivity index (χ3n) is 1.17. The largest absolute Gasteiger partial charge is 0.481 e. The van der Waals surface area contributed by atoms with E-state index >= 15 is 0 Å². The summed E-state index contributed by atoms with van der Waals surface area (Å²) >= 11 is 0. The van der Waals surface area contributed by atoms with Gasteiger partial charge in [-0.1, -0.05) is 0 Å². The molecule has 0 amide bonds. The first-order valence-electron chi connectivity index (χ1n) is 3.47. The summed E-state index contributed by atoms with van der Waals surface area (Å²) in [5.41, 5.74) is 5.11. The van der Waals surface area contributed by atoms with Crippen LogP contribution in [0.3, 0.4) is 0 Å². The van der Waals surface area contributed by atoms with Crippen LogP contribution >= 0.6 is 0 Å². The second-order valence-electron chi connectivity index (χ2n) is 2.24. The molecule has 0 aliphatic carbocycles. The quantitative estimate of drug-likeness (QED) is 0.352. The number of aliphatic hydroxyl groups is 1. The highest BCUT2D eigenvalue weighted by atomic mass is 16.4. The van der Waals surface area contributed by atoms with Crippen molar-refractivity contribution in [3.05, 3.63) is 0 Å². The molecule has 1 unspecified atom stereocenters. The van der Waals surface area contributed by atoms with Gasteiger partial charge in [-0.25, -0.2) is 0 Å². The van der Waals surface area contributed by atoms with Crippen molar-refractivity contribution in [3.63, 3.8) is 0 Å². The number of hydrogen-bond donors (Lipinski definition) is 4. The van der Waals surface area contributed by atoms with Crippen LogP contribution < -0.4 is 11.1 Å². The first-order valence-corrected chi connectivity index (χ1v) is 3.47. The molecule has 0 heterocycles. The molecule has 5 N–H and O–H groups in total. The van der Waals surface area contributed by atoms with E-state index in [0.29, 0.717) is 13.1 Å². The summed E-state index contributed by atoms with van der Waals surface area (Å²) in [7, 11) is 0. The summed E-state index contributed by atoms with van der Waals surface area (Å²) in [6.07, 6.45) is -0.513. The molecule has 0 aromatic rings. The van der Waals surface area contributed by atoms with Gasteiger partial charge in [-0.2, -0.15) is 0 Å². The van der Waals surface area contributed by atoms with E-state index in [0.717, 1.165) is 0 Å². The lowest BCUT2D eigenvalue weighted by atomic mass is 10.3. The number of aliphatic carboxylic acids is 1. The van der Waals surface area contributed by atoms with Crippen LogP contribution in [0, 0.1) is 0 Å². The van der Waals surface area contributed by atoms with Crippen molar-refractivity contribution < 1.29 is 15.0 Å². The molecule has 0 aromatic carbocycles. The van der Waals surface area contributed by atoms with Gasteiger partial charge >= 0.3 is 5.97 Å². The van der Waals surface area contributed by atoms with Crippen LogP contribution in [0.4, 0.5) is 0 Å². The van der Waals surface area contributed by atoms with E-state index in [1.165, 1.54) is 0 Å². The lowest BCUT2D eigenvalue weighted by molar-refractivity contribution is -0.136. The predicted octanol–water partition coefficient (Wildman–Crippen LogP) is -1.63. The molecule has 0 rings (SSSR count). The zero-order valence-corrected chi connectivity index (χ0v) is 6.29. The van der Waals surface area contributed by atoms with Crippen LogP contribution in [-0.4, -0.2) is 41.9 Å². The molecule has 0 aromatic heterocycles. The molecular weight excluding hydrogens is 148 g/mol. The highest BCUT2D eigenvalue weighted by molar-refractivity contribution is 5.66. The SMILES string of the molecule is NCC(O)CNCCC(=O)O. The summed E-state index contributed by atoms with van der Waals surface area (Å²) in [6, 6.07) is 0. The fourth-order valence-electron chi connectivity index (χ4n) is 0.547. The third-order valence-corrected chi connectivity index (χ3v) is 1.17. The summed E-state index contributed by atoms with van der Waals surface area (Å²) in [5, 5.41) is 19.9. The van der Waals surface area contributed by atoms with E-state index < -0.39 is 12.1 Å². The van der Waals surface area contributed by atoms with Gasteiger partial charge in [0, 0.05) is 19.6 Å². The Bertz CT molecular complexity index is 118. The number of carbonyl (C=O) groups is 1. The Balaban J connectivity index is 3.08. The normalized spacial score (nSPS) is 12.9. The van der Waals surface area contributed by atoms with Crippen molar-refractivity contribution >= 4 is 5.97 Å². The van der Waals surface area contributed by atoms with E-state index in [9.17, 15) is 4.79 Å². The fraction of sp³-hybridized carbons (Fsp3) is 0.833. The smallest absolute Gasteiger partial charge is 0.304 e. The Morgan fingerprint density at radius 1 is 1.64 bits per heavy atom.